The summed E-state index contributed by atoms with van der Waals surface area (Å²) in [5.41, 5.74) is -0.657. The first kappa shape index (κ1) is 12.8. The molecule has 1 N–H and O–H groups in total. The van der Waals surface area contributed by atoms with Gasteiger partial charge in [-0.3, -0.25) is 19.6 Å². The lowest BCUT2D eigenvalue weighted by molar-refractivity contribution is -0.142. The van der Waals surface area contributed by atoms with E-state index in [2.05, 4.69) is 10.4 Å². The molecule has 0 radical (unpaired) electrons. The van der Waals surface area contributed by atoms with Crippen molar-refractivity contribution in [2.24, 2.45) is 5.41 Å². The van der Waals surface area contributed by atoms with Crippen LogP contribution < -0.4 is 10.2 Å². The zero-order valence-electron chi connectivity index (χ0n) is 11.3. The van der Waals surface area contributed by atoms with Crippen LogP contribution in [0.1, 0.15) is 32.6 Å². The van der Waals surface area contributed by atoms with Crippen molar-refractivity contribution in [2.45, 2.75) is 39.2 Å². The molecule has 1 saturated heterocycles. The van der Waals surface area contributed by atoms with Crippen LogP contribution in [0.3, 0.4) is 0 Å². The fraction of sp³-hybridized carbons (Fsp3) is 0.538. The van der Waals surface area contributed by atoms with Crippen LogP contribution in [-0.4, -0.2) is 27.6 Å². The first-order chi connectivity index (χ1) is 9.58. The Labute approximate surface area is 115 Å². The Bertz CT molecular complexity index is 586. The third-order valence-electron chi connectivity index (χ3n) is 4.13. The minimum Gasteiger partial charge on any atom is -0.276 e. The van der Waals surface area contributed by atoms with Crippen molar-refractivity contribution in [1.82, 2.24) is 15.1 Å². The zero-order valence-corrected chi connectivity index (χ0v) is 11.3. The number of urea groups is 1. The van der Waals surface area contributed by atoms with Gasteiger partial charge in [-0.15, -0.1) is 0 Å². The third-order valence-corrected chi connectivity index (χ3v) is 4.13. The average Bonchev–Trinajstić information content (AvgIpc) is 3.07. The second kappa shape index (κ2) is 4.43. The van der Waals surface area contributed by atoms with Crippen molar-refractivity contribution >= 4 is 23.5 Å². The SMILES string of the molecule is CCn1cc(N2C(=O)NC(=O)C3(CCCC3)C2=O)cn1. The number of nitrogens with one attached hydrogen (secondary N) is 1. The van der Waals surface area contributed by atoms with Gasteiger partial charge in [0.05, 0.1) is 11.9 Å². The van der Waals surface area contributed by atoms with Gasteiger partial charge in [0.15, 0.2) is 0 Å². The van der Waals surface area contributed by atoms with E-state index in [1.807, 2.05) is 6.92 Å². The highest BCUT2D eigenvalue weighted by Crippen LogP contribution is 2.42. The van der Waals surface area contributed by atoms with E-state index in [0.29, 0.717) is 25.1 Å². The lowest BCUT2D eigenvalue weighted by Gasteiger charge is -2.36. The van der Waals surface area contributed by atoms with E-state index in [0.717, 1.165) is 17.7 Å². The highest BCUT2D eigenvalue weighted by atomic mass is 16.2. The summed E-state index contributed by atoms with van der Waals surface area (Å²) in [5, 5.41) is 6.38. The number of amides is 4. The molecule has 1 saturated carbocycles. The molecular weight excluding hydrogens is 260 g/mol. The van der Waals surface area contributed by atoms with Gasteiger partial charge in [0, 0.05) is 12.7 Å². The van der Waals surface area contributed by atoms with Crippen molar-refractivity contribution in [3.8, 4) is 0 Å². The second-order valence-corrected chi connectivity index (χ2v) is 5.24. The van der Waals surface area contributed by atoms with Gasteiger partial charge < -0.3 is 0 Å². The molecule has 2 fully saturated rings. The van der Waals surface area contributed by atoms with E-state index < -0.39 is 23.3 Å². The maximum atomic E-state index is 12.7. The number of rotatable bonds is 2. The van der Waals surface area contributed by atoms with Crippen LogP contribution in [-0.2, 0) is 16.1 Å². The summed E-state index contributed by atoms with van der Waals surface area (Å²) in [6.07, 6.45) is 5.77. The first-order valence-corrected chi connectivity index (χ1v) is 6.81. The largest absolute Gasteiger partial charge is 0.335 e. The molecular formula is C13H16N4O3. The predicted octanol–water partition coefficient (Wildman–Crippen LogP) is 1.05. The van der Waals surface area contributed by atoms with Gasteiger partial charge in [0.1, 0.15) is 5.41 Å². The van der Waals surface area contributed by atoms with Crippen LogP contribution >= 0.6 is 0 Å². The zero-order chi connectivity index (χ0) is 14.3. The molecule has 1 aliphatic heterocycles. The van der Waals surface area contributed by atoms with Crippen molar-refractivity contribution in [2.75, 3.05) is 4.90 Å². The lowest BCUT2D eigenvalue weighted by Crippen LogP contribution is -2.63. The van der Waals surface area contributed by atoms with Crippen molar-refractivity contribution < 1.29 is 14.4 Å². The summed E-state index contributed by atoms with van der Waals surface area (Å²) in [6.45, 7) is 2.56. The van der Waals surface area contributed by atoms with E-state index in [9.17, 15) is 14.4 Å². The van der Waals surface area contributed by atoms with E-state index in [1.165, 1.54) is 6.20 Å². The Hall–Kier alpha value is -2.18. The summed E-state index contributed by atoms with van der Waals surface area (Å²) in [5.74, 6) is -0.872. The fourth-order valence-corrected chi connectivity index (χ4v) is 2.97. The number of aromatic nitrogens is 2. The standard InChI is InChI=1S/C13H16N4O3/c1-2-16-8-9(7-14-16)17-11(19)13(5-3-4-6-13)10(18)15-12(17)20/h7-8H,2-6H2,1H3,(H,15,18,20). The molecule has 4 amide bonds. The van der Waals surface area contributed by atoms with Crippen LogP contribution in [0.25, 0.3) is 0 Å². The number of barbiturate groups is 1. The number of anilines is 1. The molecule has 1 aromatic heterocycles. The Balaban J connectivity index is 1.99. The van der Waals surface area contributed by atoms with Crippen molar-refractivity contribution in [3.63, 3.8) is 0 Å². The summed E-state index contributed by atoms with van der Waals surface area (Å²) >= 11 is 0. The molecule has 0 atom stereocenters. The predicted molar refractivity (Wildman–Crippen MR) is 69.8 cm³/mol. The summed E-state index contributed by atoms with van der Waals surface area (Å²) in [4.78, 5) is 37.8. The fourth-order valence-electron chi connectivity index (χ4n) is 2.97. The van der Waals surface area contributed by atoms with Crippen molar-refractivity contribution in [3.05, 3.63) is 12.4 Å². The molecule has 0 unspecified atom stereocenters. The van der Waals surface area contributed by atoms with Crippen LogP contribution in [0, 0.1) is 5.41 Å². The molecule has 1 aromatic rings. The molecule has 2 aliphatic rings. The Morgan fingerprint density at radius 2 is 2.00 bits per heavy atom. The molecule has 7 nitrogen and oxygen atoms in total. The monoisotopic (exact) mass is 276 g/mol. The molecule has 2 heterocycles. The normalized spacial score (nSPS) is 21.6. The molecule has 0 aromatic carbocycles. The number of nitrogens with zero attached hydrogens (tertiary/aromatic N) is 3. The molecule has 106 valence electrons. The Kier molecular flexibility index (Phi) is 2.84. The topological polar surface area (TPSA) is 84.3 Å². The van der Waals surface area contributed by atoms with Crippen LogP contribution in [0.15, 0.2) is 12.4 Å². The lowest BCUT2D eigenvalue weighted by atomic mass is 9.82. The highest BCUT2D eigenvalue weighted by Gasteiger charge is 2.55. The summed E-state index contributed by atoms with van der Waals surface area (Å²) < 4.78 is 1.63. The number of hydrogen-bond donors (Lipinski definition) is 1. The molecule has 3 rings (SSSR count). The Morgan fingerprint density at radius 1 is 1.30 bits per heavy atom. The summed E-state index contributed by atoms with van der Waals surface area (Å²) in [7, 11) is 0. The van der Waals surface area contributed by atoms with Gasteiger partial charge in [-0.25, -0.2) is 9.69 Å². The van der Waals surface area contributed by atoms with Crippen LogP contribution in [0.2, 0.25) is 0 Å². The van der Waals surface area contributed by atoms with Gasteiger partial charge in [0.2, 0.25) is 5.91 Å². The maximum Gasteiger partial charge on any atom is 0.335 e. The average molecular weight is 276 g/mol. The highest BCUT2D eigenvalue weighted by molar-refractivity contribution is 6.29. The molecule has 1 spiro atoms. The van der Waals surface area contributed by atoms with Gasteiger partial charge in [-0.2, -0.15) is 5.10 Å². The van der Waals surface area contributed by atoms with Crippen LogP contribution in [0.5, 0.6) is 0 Å². The van der Waals surface area contributed by atoms with Gasteiger partial charge in [-0.05, 0) is 19.8 Å². The van der Waals surface area contributed by atoms with Gasteiger partial charge >= 0.3 is 6.03 Å². The number of aryl methyl sites for hydroxylation is 1. The summed E-state index contributed by atoms with van der Waals surface area (Å²) in [6, 6.07) is -0.687. The number of carbonyl (C=O) groups excluding carboxylic acids is 3. The smallest absolute Gasteiger partial charge is 0.276 e. The minimum atomic E-state index is -1.07. The van der Waals surface area contributed by atoms with Gasteiger partial charge in [0.25, 0.3) is 5.91 Å². The molecule has 1 aliphatic carbocycles. The van der Waals surface area contributed by atoms with E-state index in [1.54, 1.807) is 10.9 Å². The second-order valence-electron chi connectivity index (χ2n) is 5.24. The van der Waals surface area contributed by atoms with E-state index >= 15 is 0 Å². The molecule has 7 heteroatoms. The maximum absolute atomic E-state index is 12.7. The van der Waals surface area contributed by atoms with E-state index in [4.69, 9.17) is 0 Å². The third kappa shape index (κ3) is 1.65. The quantitative estimate of drug-likeness (QED) is 0.818. The number of carbonyl (C=O) groups is 3. The van der Waals surface area contributed by atoms with Crippen molar-refractivity contribution in [1.29, 1.82) is 0 Å². The van der Waals surface area contributed by atoms with E-state index in [-0.39, 0.29) is 0 Å². The van der Waals surface area contributed by atoms with Crippen LogP contribution in [0.4, 0.5) is 10.5 Å². The molecule has 20 heavy (non-hydrogen) atoms. The number of imide groups is 2. The first-order valence-electron chi connectivity index (χ1n) is 6.81. The molecule has 0 bridgehead atoms. The van der Waals surface area contributed by atoms with Gasteiger partial charge in [-0.1, -0.05) is 12.8 Å². The minimum absolute atomic E-state index is 0.410. The number of hydrogen-bond acceptors (Lipinski definition) is 4. The Morgan fingerprint density at radius 3 is 2.60 bits per heavy atom.